The number of nitro groups is 1. The zero-order valence-electron chi connectivity index (χ0n) is 8.89. The van der Waals surface area contributed by atoms with Gasteiger partial charge in [-0.1, -0.05) is 6.07 Å². The predicted molar refractivity (Wildman–Crippen MR) is 62.2 cm³/mol. The van der Waals surface area contributed by atoms with E-state index in [0.717, 1.165) is 19.0 Å². The van der Waals surface area contributed by atoms with E-state index in [1.807, 2.05) is 0 Å². The van der Waals surface area contributed by atoms with Crippen LogP contribution in [0.3, 0.4) is 0 Å². The Morgan fingerprint density at radius 1 is 1.53 bits per heavy atom. The van der Waals surface area contributed by atoms with Gasteiger partial charge in [-0.05, 0) is 25.1 Å². The number of nitrogens with one attached hydrogen (secondary N) is 1. The largest absolute Gasteiger partial charge is 0.482 e. The Morgan fingerprint density at radius 3 is 2.88 bits per heavy atom. The first-order chi connectivity index (χ1) is 7.68. The second kappa shape index (κ2) is 5.79. The summed E-state index contributed by atoms with van der Waals surface area (Å²) in [5.74, 6) is -0.868. The summed E-state index contributed by atoms with van der Waals surface area (Å²) in [7, 11) is 0. The number of nitrogens with zero attached hydrogens (tertiary/aromatic N) is 1. The summed E-state index contributed by atoms with van der Waals surface area (Å²) in [6, 6.07) is 3.87. The lowest BCUT2D eigenvalue weighted by atomic mass is 10.2. The topological polar surface area (TPSA) is 64.4 Å². The molecule has 1 saturated heterocycles. The average molecular weight is 263 g/mol. The van der Waals surface area contributed by atoms with Crippen LogP contribution in [0.5, 0.6) is 5.75 Å². The Kier molecular flexibility index (Phi) is 4.65. The van der Waals surface area contributed by atoms with Gasteiger partial charge in [0.15, 0.2) is 0 Å². The molecule has 1 N–H and O–H groups in total. The van der Waals surface area contributed by atoms with Crippen LogP contribution in [0.1, 0.15) is 6.42 Å². The van der Waals surface area contributed by atoms with Gasteiger partial charge in [-0.2, -0.15) is 4.39 Å². The number of hydrogen-bond donors (Lipinski definition) is 1. The third kappa shape index (κ3) is 3.04. The smallest absolute Gasteiger partial charge is 0.346 e. The second-order valence-corrected chi connectivity index (χ2v) is 3.58. The molecule has 0 aliphatic carbocycles. The van der Waals surface area contributed by atoms with Crippen molar-refractivity contribution >= 4 is 18.1 Å². The van der Waals surface area contributed by atoms with Gasteiger partial charge < -0.3 is 10.1 Å². The summed E-state index contributed by atoms with van der Waals surface area (Å²) in [4.78, 5) is 9.93. The molecule has 0 amide bonds. The van der Waals surface area contributed by atoms with Crippen molar-refractivity contribution in [2.24, 2.45) is 0 Å². The van der Waals surface area contributed by atoms with Crippen molar-refractivity contribution in [2.75, 3.05) is 13.1 Å². The second-order valence-electron chi connectivity index (χ2n) is 3.58. The Labute approximate surface area is 104 Å². The van der Waals surface area contributed by atoms with Gasteiger partial charge in [0.25, 0.3) is 0 Å². The van der Waals surface area contributed by atoms with Gasteiger partial charge in [-0.3, -0.25) is 10.1 Å². The van der Waals surface area contributed by atoms with Crippen LogP contribution >= 0.6 is 12.4 Å². The number of rotatable bonds is 3. The lowest BCUT2D eigenvalue weighted by Crippen LogP contribution is -2.20. The molecule has 1 fully saturated rings. The monoisotopic (exact) mass is 262 g/mol. The normalized spacial score (nSPS) is 18.5. The number of ether oxygens (including phenoxy) is 1. The molecule has 0 unspecified atom stereocenters. The lowest BCUT2D eigenvalue weighted by molar-refractivity contribution is -0.388. The van der Waals surface area contributed by atoms with Gasteiger partial charge >= 0.3 is 5.69 Å². The van der Waals surface area contributed by atoms with Crippen molar-refractivity contribution < 1.29 is 14.1 Å². The highest BCUT2D eigenvalue weighted by Gasteiger charge is 2.25. The van der Waals surface area contributed by atoms with E-state index in [2.05, 4.69) is 5.32 Å². The molecule has 0 radical (unpaired) electrons. The van der Waals surface area contributed by atoms with Crippen molar-refractivity contribution in [3.05, 3.63) is 34.1 Å². The van der Waals surface area contributed by atoms with E-state index >= 15 is 0 Å². The number of para-hydroxylation sites is 1. The van der Waals surface area contributed by atoms with Gasteiger partial charge in [0.1, 0.15) is 6.10 Å². The van der Waals surface area contributed by atoms with Crippen molar-refractivity contribution in [1.82, 2.24) is 5.32 Å². The highest BCUT2D eigenvalue weighted by atomic mass is 35.5. The number of nitro benzene ring substituents is 1. The number of benzene rings is 1. The van der Waals surface area contributed by atoms with Gasteiger partial charge in [0.05, 0.1) is 4.92 Å². The SMILES string of the molecule is Cl.O=[N+]([O-])c1c(F)cccc1O[C@@H]1CCNC1. The van der Waals surface area contributed by atoms with E-state index in [4.69, 9.17) is 4.74 Å². The number of hydrogen-bond acceptors (Lipinski definition) is 4. The Morgan fingerprint density at radius 2 is 2.29 bits per heavy atom. The van der Waals surface area contributed by atoms with Crippen molar-refractivity contribution in [2.45, 2.75) is 12.5 Å². The molecule has 94 valence electrons. The fraction of sp³-hybridized carbons (Fsp3) is 0.400. The van der Waals surface area contributed by atoms with E-state index in [1.54, 1.807) is 0 Å². The predicted octanol–water partition coefficient (Wildman–Crippen LogP) is 1.90. The maximum atomic E-state index is 13.2. The molecule has 0 saturated carbocycles. The highest BCUT2D eigenvalue weighted by molar-refractivity contribution is 5.85. The summed E-state index contributed by atoms with van der Waals surface area (Å²) >= 11 is 0. The van der Waals surface area contributed by atoms with E-state index < -0.39 is 16.4 Å². The first kappa shape index (κ1) is 13.7. The molecule has 1 heterocycles. The Bertz CT molecular complexity index is 411. The average Bonchev–Trinajstić information content (AvgIpc) is 2.70. The van der Waals surface area contributed by atoms with E-state index in [1.165, 1.54) is 12.1 Å². The van der Waals surface area contributed by atoms with E-state index in [-0.39, 0.29) is 24.3 Å². The van der Waals surface area contributed by atoms with Gasteiger partial charge in [-0.15, -0.1) is 12.4 Å². The minimum absolute atomic E-state index is 0. The summed E-state index contributed by atoms with van der Waals surface area (Å²) in [5.41, 5.74) is -0.589. The van der Waals surface area contributed by atoms with Crippen LogP contribution in [0.25, 0.3) is 0 Å². The highest BCUT2D eigenvalue weighted by Crippen LogP contribution is 2.30. The fourth-order valence-electron chi connectivity index (χ4n) is 1.68. The quantitative estimate of drug-likeness (QED) is 0.667. The maximum Gasteiger partial charge on any atom is 0.346 e. The molecular formula is C10H12ClFN2O3. The summed E-state index contributed by atoms with van der Waals surface area (Å²) in [6.07, 6.45) is 0.647. The van der Waals surface area contributed by atoms with Crippen LogP contribution in [0, 0.1) is 15.9 Å². The zero-order valence-corrected chi connectivity index (χ0v) is 9.71. The minimum atomic E-state index is -0.867. The van der Waals surface area contributed by atoms with Gasteiger partial charge in [0, 0.05) is 6.54 Å². The number of halogens is 2. The summed E-state index contributed by atoms with van der Waals surface area (Å²) in [5, 5.41) is 13.8. The molecule has 17 heavy (non-hydrogen) atoms. The summed E-state index contributed by atoms with van der Waals surface area (Å²) in [6.45, 7) is 1.45. The van der Waals surface area contributed by atoms with Crippen molar-refractivity contribution in [1.29, 1.82) is 0 Å². The van der Waals surface area contributed by atoms with Crippen molar-refractivity contribution in [3.8, 4) is 5.75 Å². The molecule has 5 nitrogen and oxygen atoms in total. The molecule has 1 atom stereocenters. The molecule has 1 aliphatic rings. The first-order valence-electron chi connectivity index (χ1n) is 4.99. The van der Waals surface area contributed by atoms with Gasteiger partial charge in [-0.25, -0.2) is 0 Å². The third-order valence-corrected chi connectivity index (χ3v) is 2.44. The maximum absolute atomic E-state index is 13.2. The Hall–Kier alpha value is -1.40. The molecule has 0 bridgehead atoms. The zero-order chi connectivity index (χ0) is 11.5. The van der Waals surface area contributed by atoms with Crippen LogP contribution < -0.4 is 10.1 Å². The molecule has 0 spiro atoms. The molecule has 2 rings (SSSR count). The van der Waals surface area contributed by atoms with Gasteiger partial charge in [0.2, 0.25) is 11.6 Å². The Balaban J connectivity index is 0.00000144. The lowest BCUT2D eigenvalue weighted by Gasteiger charge is -2.12. The van der Waals surface area contributed by atoms with Crippen molar-refractivity contribution in [3.63, 3.8) is 0 Å². The fourth-order valence-corrected chi connectivity index (χ4v) is 1.68. The van der Waals surface area contributed by atoms with E-state index in [0.29, 0.717) is 6.54 Å². The molecule has 7 heteroatoms. The minimum Gasteiger partial charge on any atom is -0.482 e. The van der Waals surface area contributed by atoms with E-state index in [9.17, 15) is 14.5 Å². The third-order valence-electron chi connectivity index (χ3n) is 2.44. The van der Waals surface area contributed by atoms with Crippen LogP contribution in [0.15, 0.2) is 18.2 Å². The summed E-state index contributed by atoms with van der Waals surface area (Å²) < 4.78 is 18.6. The first-order valence-corrected chi connectivity index (χ1v) is 4.99. The molecule has 1 aromatic rings. The molecular weight excluding hydrogens is 251 g/mol. The van der Waals surface area contributed by atoms with Crippen LogP contribution in [-0.2, 0) is 0 Å². The van der Waals surface area contributed by atoms with Crippen LogP contribution in [-0.4, -0.2) is 24.1 Å². The molecule has 0 aromatic heterocycles. The standard InChI is InChI=1S/C10H11FN2O3.ClH/c11-8-2-1-3-9(10(8)13(14)15)16-7-4-5-12-6-7;/h1-3,7,12H,4-6H2;1H/t7-;/m1./s1. The molecule has 1 aliphatic heterocycles. The molecule has 1 aromatic carbocycles. The van der Waals surface area contributed by atoms with Crippen LogP contribution in [0.2, 0.25) is 0 Å². The van der Waals surface area contributed by atoms with Crippen LogP contribution in [0.4, 0.5) is 10.1 Å².